The van der Waals surface area contributed by atoms with E-state index in [0.29, 0.717) is 23.5 Å². The second-order valence-electron chi connectivity index (χ2n) is 4.44. The van der Waals surface area contributed by atoms with Gasteiger partial charge in [0, 0.05) is 11.1 Å². The van der Waals surface area contributed by atoms with Gasteiger partial charge >= 0.3 is 0 Å². The molecule has 98 valence electrons. The van der Waals surface area contributed by atoms with E-state index in [1.807, 2.05) is 12.1 Å². The highest BCUT2D eigenvalue weighted by molar-refractivity contribution is 5.77. The van der Waals surface area contributed by atoms with Gasteiger partial charge in [0.1, 0.15) is 17.2 Å². The summed E-state index contributed by atoms with van der Waals surface area (Å²) in [5, 5.41) is 12.8. The maximum atomic E-state index is 13.1. The van der Waals surface area contributed by atoms with E-state index in [1.165, 1.54) is 12.1 Å². The Morgan fingerprint density at radius 3 is 2.90 bits per heavy atom. The summed E-state index contributed by atoms with van der Waals surface area (Å²) < 4.78 is 18.7. The van der Waals surface area contributed by atoms with Crippen molar-refractivity contribution in [2.75, 3.05) is 5.32 Å². The molecule has 3 aromatic rings. The van der Waals surface area contributed by atoms with Crippen molar-refractivity contribution in [2.24, 2.45) is 0 Å². The fourth-order valence-electron chi connectivity index (χ4n) is 2.04. The number of rotatable bonds is 3. The molecule has 0 spiro atoms. The number of nitriles is 1. The third kappa shape index (κ3) is 2.47. The van der Waals surface area contributed by atoms with Crippen molar-refractivity contribution < 1.29 is 8.81 Å². The van der Waals surface area contributed by atoms with E-state index in [-0.39, 0.29) is 5.82 Å². The quantitative estimate of drug-likeness (QED) is 0.777. The minimum atomic E-state index is -0.278. The minimum absolute atomic E-state index is 0.278. The SMILES string of the molecule is N#Cc1cccc(NCc2cc3cc(F)ccc3o2)c1. The summed E-state index contributed by atoms with van der Waals surface area (Å²) in [6, 6.07) is 15.5. The van der Waals surface area contributed by atoms with Gasteiger partial charge in [-0.3, -0.25) is 0 Å². The first kappa shape index (κ1) is 12.2. The van der Waals surface area contributed by atoms with E-state index in [2.05, 4.69) is 11.4 Å². The van der Waals surface area contributed by atoms with Crippen LogP contribution in [0.25, 0.3) is 11.0 Å². The van der Waals surface area contributed by atoms with Crippen molar-refractivity contribution in [2.45, 2.75) is 6.54 Å². The number of halogens is 1. The van der Waals surface area contributed by atoms with Crippen LogP contribution in [-0.2, 0) is 6.54 Å². The van der Waals surface area contributed by atoms with Gasteiger partial charge in [0.25, 0.3) is 0 Å². The molecule has 0 saturated heterocycles. The normalized spacial score (nSPS) is 10.4. The molecule has 0 bridgehead atoms. The third-order valence-corrected chi connectivity index (χ3v) is 2.99. The molecular weight excluding hydrogens is 255 g/mol. The Labute approximate surface area is 115 Å². The molecule has 0 aliphatic rings. The zero-order chi connectivity index (χ0) is 13.9. The summed E-state index contributed by atoms with van der Waals surface area (Å²) in [6.07, 6.45) is 0. The first-order chi connectivity index (χ1) is 9.74. The van der Waals surface area contributed by atoms with Gasteiger partial charge in [-0.15, -0.1) is 0 Å². The van der Waals surface area contributed by atoms with Crippen molar-refractivity contribution in [3.8, 4) is 6.07 Å². The van der Waals surface area contributed by atoms with Gasteiger partial charge in [0.2, 0.25) is 0 Å². The highest BCUT2D eigenvalue weighted by atomic mass is 19.1. The number of hydrogen-bond donors (Lipinski definition) is 1. The summed E-state index contributed by atoms with van der Waals surface area (Å²) >= 11 is 0. The lowest BCUT2D eigenvalue weighted by Crippen LogP contribution is -1.97. The molecule has 0 radical (unpaired) electrons. The highest BCUT2D eigenvalue weighted by Gasteiger charge is 2.05. The van der Waals surface area contributed by atoms with E-state index < -0.39 is 0 Å². The average molecular weight is 266 g/mol. The Morgan fingerprint density at radius 2 is 2.05 bits per heavy atom. The van der Waals surface area contributed by atoms with Crippen LogP contribution >= 0.6 is 0 Å². The van der Waals surface area contributed by atoms with E-state index in [1.54, 1.807) is 24.3 Å². The van der Waals surface area contributed by atoms with Gasteiger partial charge < -0.3 is 9.73 Å². The maximum absolute atomic E-state index is 13.1. The Hall–Kier alpha value is -2.80. The van der Waals surface area contributed by atoms with Gasteiger partial charge in [-0.05, 0) is 42.5 Å². The van der Waals surface area contributed by atoms with E-state index >= 15 is 0 Å². The monoisotopic (exact) mass is 266 g/mol. The average Bonchev–Trinajstić information content (AvgIpc) is 2.87. The van der Waals surface area contributed by atoms with Gasteiger partial charge in [-0.2, -0.15) is 5.26 Å². The summed E-state index contributed by atoms with van der Waals surface area (Å²) in [6.45, 7) is 0.477. The van der Waals surface area contributed by atoms with Crippen molar-refractivity contribution in [3.63, 3.8) is 0 Å². The molecule has 0 saturated carbocycles. The van der Waals surface area contributed by atoms with Gasteiger partial charge in [-0.1, -0.05) is 6.07 Å². The molecule has 2 aromatic carbocycles. The molecular formula is C16H11FN2O. The van der Waals surface area contributed by atoms with Crippen LogP contribution in [0.4, 0.5) is 10.1 Å². The number of furan rings is 1. The van der Waals surface area contributed by atoms with E-state index in [0.717, 1.165) is 11.1 Å². The number of benzene rings is 2. The molecule has 0 aliphatic heterocycles. The standard InChI is InChI=1S/C16H11FN2O/c17-13-4-5-16-12(7-13)8-15(20-16)10-19-14-3-1-2-11(6-14)9-18/h1-8,19H,10H2. The number of hydrogen-bond acceptors (Lipinski definition) is 3. The van der Waals surface area contributed by atoms with Crippen LogP contribution in [0.3, 0.4) is 0 Å². The fraction of sp³-hybridized carbons (Fsp3) is 0.0625. The fourth-order valence-corrected chi connectivity index (χ4v) is 2.04. The van der Waals surface area contributed by atoms with Crippen LogP contribution < -0.4 is 5.32 Å². The van der Waals surface area contributed by atoms with Gasteiger partial charge in [-0.25, -0.2) is 4.39 Å². The second-order valence-corrected chi connectivity index (χ2v) is 4.44. The maximum Gasteiger partial charge on any atom is 0.134 e. The Bertz CT molecular complexity index is 802. The van der Waals surface area contributed by atoms with Crippen LogP contribution in [0.2, 0.25) is 0 Å². The Kier molecular flexibility index (Phi) is 3.10. The van der Waals surface area contributed by atoms with Crippen molar-refractivity contribution in [3.05, 3.63) is 65.7 Å². The zero-order valence-electron chi connectivity index (χ0n) is 10.6. The number of nitrogens with zero attached hydrogens (tertiary/aromatic N) is 1. The van der Waals surface area contributed by atoms with Crippen molar-refractivity contribution in [1.29, 1.82) is 5.26 Å². The molecule has 0 atom stereocenters. The number of anilines is 1. The minimum Gasteiger partial charge on any atom is -0.459 e. The first-order valence-electron chi connectivity index (χ1n) is 6.16. The molecule has 3 rings (SSSR count). The molecule has 0 fully saturated rings. The largest absolute Gasteiger partial charge is 0.459 e. The predicted octanol–water partition coefficient (Wildman–Crippen LogP) is 4.06. The molecule has 0 unspecified atom stereocenters. The molecule has 1 heterocycles. The summed E-state index contributed by atoms with van der Waals surface area (Å²) in [7, 11) is 0. The lowest BCUT2D eigenvalue weighted by Gasteiger charge is -2.03. The molecule has 20 heavy (non-hydrogen) atoms. The summed E-state index contributed by atoms with van der Waals surface area (Å²) in [4.78, 5) is 0. The summed E-state index contributed by atoms with van der Waals surface area (Å²) in [5.74, 6) is 0.437. The van der Waals surface area contributed by atoms with Crippen molar-refractivity contribution in [1.82, 2.24) is 0 Å². The summed E-state index contributed by atoms with van der Waals surface area (Å²) in [5.41, 5.74) is 2.10. The first-order valence-corrected chi connectivity index (χ1v) is 6.16. The topological polar surface area (TPSA) is 49.0 Å². The highest BCUT2D eigenvalue weighted by Crippen LogP contribution is 2.21. The number of fused-ring (bicyclic) bond motifs is 1. The zero-order valence-corrected chi connectivity index (χ0v) is 10.6. The van der Waals surface area contributed by atoms with Crippen LogP contribution in [0.15, 0.2) is 52.9 Å². The van der Waals surface area contributed by atoms with Crippen molar-refractivity contribution >= 4 is 16.7 Å². The molecule has 1 aromatic heterocycles. The van der Waals surface area contributed by atoms with Crippen LogP contribution in [0.1, 0.15) is 11.3 Å². The molecule has 0 aliphatic carbocycles. The molecule has 3 nitrogen and oxygen atoms in total. The van der Waals surface area contributed by atoms with Crippen LogP contribution in [-0.4, -0.2) is 0 Å². The predicted molar refractivity (Wildman–Crippen MR) is 74.7 cm³/mol. The lowest BCUT2D eigenvalue weighted by atomic mass is 10.2. The third-order valence-electron chi connectivity index (χ3n) is 2.99. The molecule has 0 amide bonds. The van der Waals surface area contributed by atoms with E-state index in [4.69, 9.17) is 9.68 Å². The van der Waals surface area contributed by atoms with Gasteiger partial charge in [0.15, 0.2) is 0 Å². The lowest BCUT2D eigenvalue weighted by molar-refractivity contribution is 0.558. The Morgan fingerprint density at radius 1 is 1.15 bits per heavy atom. The van der Waals surface area contributed by atoms with Crippen LogP contribution in [0, 0.1) is 17.1 Å². The molecule has 4 heteroatoms. The second kappa shape index (κ2) is 5.06. The van der Waals surface area contributed by atoms with E-state index in [9.17, 15) is 4.39 Å². The Balaban J connectivity index is 1.78. The van der Waals surface area contributed by atoms with Gasteiger partial charge in [0.05, 0.1) is 18.2 Å². The number of nitrogens with one attached hydrogen (secondary N) is 1. The van der Waals surface area contributed by atoms with Crippen LogP contribution in [0.5, 0.6) is 0 Å². The molecule has 1 N–H and O–H groups in total. The smallest absolute Gasteiger partial charge is 0.134 e.